The van der Waals surface area contributed by atoms with Crippen molar-refractivity contribution in [3.05, 3.63) is 70.2 Å². The van der Waals surface area contributed by atoms with Crippen LogP contribution in [-0.2, 0) is 12.3 Å². The van der Waals surface area contributed by atoms with Crippen LogP contribution in [0, 0.1) is 0 Å². The van der Waals surface area contributed by atoms with Crippen LogP contribution in [0.1, 0.15) is 20.4 Å². The number of benzene rings is 2. The van der Waals surface area contributed by atoms with E-state index in [-0.39, 0.29) is 5.91 Å². The minimum absolute atomic E-state index is 0.218. The van der Waals surface area contributed by atoms with E-state index < -0.39 is 0 Å². The molecule has 0 spiro atoms. The zero-order chi connectivity index (χ0) is 17.8. The number of thioether (sulfide) groups is 1. The predicted molar refractivity (Wildman–Crippen MR) is 101 cm³/mol. The summed E-state index contributed by atoms with van der Waals surface area (Å²) < 4.78 is 5.66. The summed E-state index contributed by atoms with van der Waals surface area (Å²) in [6.45, 7) is 0.465. The maximum Gasteiger partial charge on any atom is 0.282 e. The van der Waals surface area contributed by atoms with E-state index in [9.17, 15) is 4.79 Å². The highest BCUT2D eigenvalue weighted by molar-refractivity contribution is 7.98. The third-order valence-corrected chi connectivity index (χ3v) is 5.49. The van der Waals surface area contributed by atoms with E-state index in [4.69, 9.17) is 4.42 Å². The van der Waals surface area contributed by atoms with Crippen LogP contribution in [0.3, 0.4) is 0 Å². The van der Waals surface area contributed by atoms with Crippen LogP contribution in [0.5, 0.6) is 0 Å². The Morgan fingerprint density at radius 1 is 1.08 bits per heavy atom. The molecule has 0 radical (unpaired) electrons. The van der Waals surface area contributed by atoms with Gasteiger partial charge < -0.3 is 9.73 Å². The van der Waals surface area contributed by atoms with E-state index in [2.05, 4.69) is 20.5 Å². The molecule has 0 saturated carbocycles. The first-order valence-corrected chi connectivity index (χ1v) is 9.71. The van der Waals surface area contributed by atoms with Gasteiger partial charge in [0.1, 0.15) is 10.5 Å². The molecule has 6 nitrogen and oxygen atoms in total. The number of hydrogen-bond acceptors (Lipinski definition) is 7. The van der Waals surface area contributed by atoms with Gasteiger partial charge in [0.2, 0.25) is 5.01 Å². The molecule has 1 amide bonds. The summed E-state index contributed by atoms with van der Waals surface area (Å²) in [5, 5.41) is 12.6. The van der Waals surface area contributed by atoms with E-state index in [1.807, 2.05) is 54.6 Å². The zero-order valence-electron chi connectivity index (χ0n) is 13.6. The Balaban J connectivity index is 1.34. The van der Waals surface area contributed by atoms with Crippen LogP contribution < -0.4 is 5.32 Å². The van der Waals surface area contributed by atoms with Gasteiger partial charge in [0.25, 0.3) is 11.1 Å². The fourth-order valence-electron chi connectivity index (χ4n) is 2.29. The number of fused-ring (bicyclic) bond motifs is 1. The molecule has 0 fully saturated rings. The van der Waals surface area contributed by atoms with Crippen molar-refractivity contribution in [1.82, 2.24) is 20.5 Å². The van der Waals surface area contributed by atoms with Gasteiger partial charge in [-0.25, -0.2) is 4.98 Å². The summed E-state index contributed by atoms with van der Waals surface area (Å²) in [4.78, 5) is 16.6. The second kappa shape index (κ2) is 7.67. The van der Waals surface area contributed by atoms with Crippen LogP contribution in [-0.4, -0.2) is 21.1 Å². The van der Waals surface area contributed by atoms with Crippen molar-refractivity contribution in [1.29, 1.82) is 0 Å². The lowest BCUT2D eigenvalue weighted by molar-refractivity contribution is 0.0950. The highest BCUT2D eigenvalue weighted by atomic mass is 32.2. The second-order valence-electron chi connectivity index (χ2n) is 5.41. The summed E-state index contributed by atoms with van der Waals surface area (Å²) in [5.41, 5.74) is 2.62. The van der Waals surface area contributed by atoms with Crippen molar-refractivity contribution in [3.8, 4) is 0 Å². The highest BCUT2D eigenvalue weighted by Crippen LogP contribution is 2.27. The van der Waals surface area contributed by atoms with Gasteiger partial charge in [-0.1, -0.05) is 65.6 Å². The number of oxazole rings is 1. The minimum Gasteiger partial charge on any atom is -0.431 e. The summed E-state index contributed by atoms with van der Waals surface area (Å²) >= 11 is 2.71. The third-order valence-electron chi connectivity index (χ3n) is 3.55. The first-order chi connectivity index (χ1) is 12.8. The smallest absolute Gasteiger partial charge is 0.282 e. The normalized spacial score (nSPS) is 10.9. The van der Waals surface area contributed by atoms with E-state index in [0.29, 0.717) is 22.5 Å². The quantitative estimate of drug-likeness (QED) is 0.509. The van der Waals surface area contributed by atoms with Gasteiger partial charge in [-0.3, -0.25) is 4.79 Å². The average Bonchev–Trinajstić information content (AvgIpc) is 3.31. The number of nitrogens with zero attached hydrogens (tertiary/aromatic N) is 3. The Morgan fingerprint density at radius 2 is 1.88 bits per heavy atom. The molecule has 2 aromatic carbocycles. The summed E-state index contributed by atoms with van der Waals surface area (Å²) in [6, 6.07) is 17.4. The van der Waals surface area contributed by atoms with Crippen LogP contribution in [0.2, 0.25) is 0 Å². The first-order valence-electron chi connectivity index (χ1n) is 7.91. The van der Waals surface area contributed by atoms with E-state index in [1.165, 1.54) is 23.1 Å². The number of carbonyl (C=O) groups is 1. The monoisotopic (exact) mass is 382 g/mol. The van der Waals surface area contributed by atoms with Gasteiger partial charge in [-0.2, -0.15) is 0 Å². The van der Waals surface area contributed by atoms with Crippen molar-refractivity contribution in [2.75, 3.05) is 0 Å². The number of nitrogens with one attached hydrogen (secondary N) is 1. The van der Waals surface area contributed by atoms with Gasteiger partial charge in [-0.15, -0.1) is 10.2 Å². The van der Waals surface area contributed by atoms with Crippen molar-refractivity contribution in [2.45, 2.75) is 17.5 Å². The lowest BCUT2D eigenvalue weighted by Crippen LogP contribution is -2.22. The summed E-state index contributed by atoms with van der Waals surface area (Å²) in [5.74, 6) is 0.334. The summed E-state index contributed by atoms with van der Waals surface area (Å²) in [6.07, 6.45) is 0. The lowest BCUT2D eigenvalue weighted by atomic mass is 10.2. The Kier molecular flexibility index (Phi) is 4.94. The van der Waals surface area contributed by atoms with E-state index >= 15 is 0 Å². The minimum atomic E-state index is -0.218. The largest absolute Gasteiger partial charge is 0.431 e. The van der Waals surface area contributed by atoms with Gasteiger partial charge in [-0.05, 0) is 17.7 Å². The number of hydrogen-bond donors (Lipinski definition) is 1. The van der Waals surface area contributed by atoms with Crippen molar-refractivity contribution < 1.29 is 9.21 Å². The van der Waals surface area contributed by atoms with Crippen LogP contribution in [0.25, 0.3) is 11.1 Å². The second-order valence-corrected chi connectivity index (χ2v) is 7.39. The number of para-hydroxylation sites is 2. The van der Waals surface area contributed by atoms with E-state index in [1.54, 1.807) is 0 Å². The molecule has 0 aliphatic rings. The molecule has 4 aromatic rings. The summed E-state index contributed by atoms with van der Waals surface area (Å²) in [7, 11) is 0. The van der Waals surface area contributed by atoms with Gasteiger partial charge in [0, 0.05) is 6.54 Å². The molecule has 26 heavy (non-hydrogen) atoms. The molecule has 8 heteroatoms. The fraction of sp³-hybridized carbons (Fsp3) is 0.111. The van der Waals surface area contributed by atoms with Gasteiger partial charge in [0.15, 0.2) is 5.58 Å². The molecule has 0 bridgehead atoms. The molecule has 0 aliphatic heterocycles. The topological polar surface area (TPSA) is 80.9 Å². The Morgan fingerprint density at radius 3 is 2.73 bits per heavy atom. The van der Waals surface area contributed by atoms with Gasteiger partial charge >= 0.3 is 0 Å². The molecule has 0 saturated heterocycles. The number of aromatic nitrogens is 3. The van der Waals surface area contributed by atoms with Gasteiger partial charge in [0.05, 0.1) is 5.75 Å². The Hall–Kier alpha value is -2.71. The number of rotatable bonds is 6. The van der Waals surface area contributed by atoms with Crippen molar-refractivity contribution >= 4 is 40.1 Å². The zero-order valence-corrected chi connectivity index (χ0v) is 15.2. The van der Waals surface area contributed by atoms with Crippen LogP contribution >= 0.6 is 23.1 Å². The average molecular weight is 382 g/mol. The Bertz CT molecular complexity index is 997. The molecule has 0 atom stereocenters. The first kappa shape index (κ1) is 16.7. The maximum absolute atomic E-state index is 12.2. The standard InChI is InChI=1S/C18H14N4O2S2/c23-16(19-10-12-6-2-1-3-7-12)17-22-21-15(26-17)11-25-18-20-13-8-4-5-9-14(13)24-18/h1-9H,10-11H2,(H,19,23). The van der Waals surface area contributed by atoms with Crippen LogP contribution in [0.4, 0.5) is 0 Å². The van der Waals surface area contributed by atoms with Crippen LogP contribution in [0.15, 0.2) is 64.2 Å². The molecule has 0 aliphatic carbocycles. The van der Waals surface area contributed by atoms with E-state index in [0.717, 1.165) is 21.7 Å². The molecule has 2 aromatic heterocycles. The number of carbonyl (C=O) groups excluding carboxylic acids is 1. The van der Waals surface area contributed by atoms with Crippen molar-refractivity contribution in [2.24, 2.45) is 0 Å². The third kappa shape index (κ3) is 3.92. The lowest BCUT2D eigenvalue weighted by Gasteiger charge is -2.01. The molecule has 0 unspecified atom stereocenters. The Labute approximate surface area is 157 Å². The molecule has 1 N–H and O–H groups in total. The molecular formula is C18H14N4O2S2. The molecule has 130 valence electrons. The fourth-order valence-corrected chi connectivity index (χ4v) is 3.87. The SMILES string of the molecule is O=C(NCc1ccccc1)c1nnc(CSc2nc3ccccc3o2)s1. The molecule has 2 heterocycles. The number of amides is 1. The molecule has 4 rings (SSSR count). The maximum atomic E-state index is 12.2. The molecular weight excluding hydrogens is 368 g/mol. The van der Waals surface area contributed by atoms with Crippen molar-refractivity contribution in [3.63, 3.8) is 0 Å². The predicted octanol–water partition coefficient (Wildman–Crippen LogP) is 3.90. The highest BCUT2D eigenvalue weighted by Gasteiger charge is 2.14.